The minimum Gasteiger partial charge on any atom is -0.496 e. The van der Waals surface area contributed by atoms with Crippen molar-refractivity contribution < 1.29 is 9.53 Å². The minimum atomic E-state index is -0.629. The first-order chi connectivity index (χ1) is 17.5. The van der Waals surface area contributed by atoms with Gasteiger partial charge < -0.3 is 14.2 Å². The van der Waals surface area contributed by atoms with Crippen LogP contribution in [0.4, 0.5) is 0 Å². The van der Waals surface area contributed by atoms with E-state index in [1.165, 1.54) is 10.4 Å². The smallest absolute Gasteiger partial charge is 0.271 e. The van der Waals surface area contributed by atoms with Crippen LogP contribution in [-0.2, 0) is 26.4 Å². The first-order valence-corrected chi connectivity index (χ1v) is 12.9. The zero-order valence-electron chi connectivity index (χ0n) is 21.1. The van der Waals surface area contributed by atoms with Gasteiger partial charge in [0.2, 0.25) is 5.82 Å². The number of aryl methyl sites for hydroxylation is 3. The molecule has 2 aliphatic heterocycles. The van der Waals surface area contributed by atoms with Crippen molar-refractivity contribution in [3.05, 3.63) is 35.0 Å². The molecule has 9 nitrogen and oxygen atoms in total. The Kier molecular flexibility index (Phi) is 5.36. The monoisotopic (exact) mass is 485 g/mol. The normalized spacial score (nSPS) is 22.2. The molecule has 4 heterocycles. The molecule has 1 aliphatic carbocycles. The summed E-state index contributed by atoms with van der Waals surface area (Å²) in [5.74, 6) is 1.53. The Morgan fingerprint density at radius 1 is 1.25 bits per heavy atom. The van der Waals surface area contributed by atoms with Crippen molar-refractivity contribution in [3.63, 3.8) is 0 Å². The van der Waals surface area contributed by atoms with E-state index in [1.54, 1.807) is 14.2 Å². The Balaban J connectivity index is 1.48. The molecule has 1 saturated heterocycles. The Bertz CT molecular complexity index is 1400. The van der Waals surface area contributed by atoms with E-state index < -0.39 is 5.54 Å². The van der Waals surface area contributed by atoms with E-state index in [9.17, 15) is 10.1 Å². The SMILES string of the molecule is CCCc1cc(C(=O)N2CCC[C@H]3CC[C@]32C#N)n2c1-c1cc(-c3nnn(C)n3)c(OC)cc1CC2. The third-order valence-electron chi connectivity index (χ3n) is 8.35. The summed E-state index contributed by atoms with van der Waals surface area (Å²) in [6, 6.07) is 8.78. The van der Waals surface area contributed by atoms with Crippen molar-refractivity contribution in [2.24, 2.45) is 13.0 Å². The fourth-order valence-electron chi connectivity index (χ4n) is 6.49. The van der Waals surface area contributed by atoms with Crippen LogP contribution in [0.2, 0.25) is 0 Å². The Morgan fingerprint density at radius 2 is 2.11 bits per heavy atom. The van der Waals surface area contributed by atoms with Crippen molar-refractivity contribution in [1.29, 1.82) is 5.26 Å². The van der Waals surface area contributed by atoms with E-state index in [0.717, 1.165) is 79.6 Å². The number of nitrogens with zero attached hydrogens (tertiary/aromatic N) is 7. The maximum Gasteiger partial charge on any atom is 0.271 e. The molecule has 1 amide bonds. The maximum absolute atomic E-state index is 14.0. The highest BCUT2D eigenvalue weighted by atomic mass is 16.5. The van der Waals surface area contributed by atoms with Gasteiger partial charge in [-0.25, -0.2) is 0 Å². The van der Waals surface area contributed by atoms with Gasteiger partial charge in [-0.05, 0) is 79.0 Å². The molecule has 2 fully saturated rings. The molecule has 1 aromatic carbocycles. The van der Waals surface area contributed by atoms with Crippen molar-refractivity contribution in [1.82, 2.24) is 29.7 Å². The Morgan fingerprint density at radius 3 is 2.78 bits per heavy atom. The van der Waals surface area contributed by atoms with Crippen LogP contribution < -0.4 is 4.74 Å². The first kappa shape index (κ1) is 22.8. The number of ether oxygens (including phenoxy) is 1. The van der Waals surface area contributed by atoms with E-state index in [0.29, 0.717) is 24.0 Å². The number of tetrazole rings is 1. The number of aromatic nitrogens is 5. The van der Waals surface area contributed by atoms with Crippen molar-refractivity contribution in [2.75, 3.05) is 13.7 Å². The molecule has 3 aliphatic rings. The second kappa shape index (κ2) is 8.47. The third kappa shape index (κ3) is 3.20. The zero-order valence-corrected chi connectivity index (χ0v) is 21.1. The number of amides is 1. The standard InChI is InChI=1S/C27H31N7O2/c1-4-6-18-13-22(26(35)34-11-5-7-19-8-10-27(19,34)16-28)33-12-9-17-14-23(36-3)21(15-20(17)24(18)33)25-29-31-32(2)30-25/h13-15,19H,4-12H2,1-3H3/t19-,27-/m0/s1. The third-order valence-corrected chi connectivity index (χ3v) is 8.35. The number of likely N-dealkylation sites (tertiary alicyclic amines) is 1. The summed E-state index contributed by atoms with van der Waals surface area (Å²) in [5.41, 5.74) is 5.38. The van der Waals surface area contributed by atoms with Crippen LogP contribution in [0, 0.1) is 17.2 Å². The molecule has 0 bridgehead atoms. The number of methoxy groups -OCH3 is 1. The van der Waals surface area contributed by atoms with Gasteiger partial charge in [-0.3, -0.25) is 4.79 Å². The maximum atomic E-state index is 14.0. The highest BCUT2D eigenvalue weighted by molar-refractivity contribution is 5.96. The number of benzene rings is 1. The van der Waals surface area contributed by atoms with E-state index in [4.69, 9.17) is 4.74 Å². The number of nitriles is 1. The van der Waals surface area contributed by atoms with E-state index in [1.807, 2.05) is 4.90 Å². The summed E-state index contributed by atoms with van der Waals surface area (Å²) in [5, 5.41) is 22.7. The molecule has 2 atom stereocenters. The van der Waals surface area contributed by atoms with Crippen LogP contribution in [0.15, 0.2) is 18.2 Å². The van der Waals surface area contributed by atoms with Crippen LogP contribution >= 0.6 is 0 Å². The molecule has 0 spiro atoms. The summed E-state index contributed by atoms with van der Waals surface area (Å²) in [6.07, 6.45) is 6.47. The highest BCUT2D eigenvalue weighted by Gasteiger charge is 2.55. The molecule has 0 radical (unpaired) electrons. The zero-order chi connectivity index (χ0) is 25.0. The average Bonchev–Trinajstić information content (AvgIpc) is 3.47. The molecule has 2 aromatic heterocycles. The number of carbonyl (C=O) groups is 1. The largest absolute Gasteiger partial charge is 0.496 e. The molecule has 0 unspecified atom stereocenters. The van der Waals surface area contributed by atoms with Crippen LogP contribution in [0.5, 0.6) is 5.75 Å². The van der Waals surface area contributed by atoms with Gasteiger partial charge in [0.15, 0.2) is 0 Å². The van der Waals surface area contributed by atoms with Crippen LogP contribution in [0.1, 0.15) is 60.6 Å². The summed E-state index contributed by atoms with van der Waals surface area (Å²) in [6.45, 7) is 3.53. The molecule has 3 aromatic rings. The van der Waals surface area contributed by atoms with Gasteiger partial charge in [-0.15, -0.1) is 10.2 Å². The summed E-state index contributed by atoms with van der Waals surface area (Å²) in [7, 11) is 3.40. The second-order valence-corrected chi connectivity index (χ2v) is 10.2. The predicted octanol–water partition coefficient (Wildman–Crippen LogP) is 3.77. The van der Waals surface area contributed by atoms with E-state index >= 15 is 0 Å². The molecule has 36 heavy (non-hydrogen) atoms. The lowest BCUT2D eigenvalue weighted by molar-refractivity contribution is -0.0221. The fraction of sp³-hybridized carbons (Fsp3) is 0.519. The topological polar surface area (TPSA) is 102 Å². The number of hydrogen-bond donors (Lipinski definition) is 0. The number of piperidine rings is 1. The Hall–Kier alpha value is -3.67. The minimum absolute atomic E-state index is 0.00247. The summed E-state index contributed by atoms with van der Waals surface area (Å²) in [4.78, 5) is 17.4. The van der Waals surface area contributed by atoms with Gasteiger partial charge in [-0.1, -0.05) is 13.3 Å². The highest BCUT2D eigenvalue weighted by Crippen LogP contribution is 2.49. The molecular weight excluding hydrogens is 454 g/mol. The number of carbonyl (C=O) groups excluding carboxylic acids is 1. The number of fused-ring (bicyclic) bond motifs is 4. The van der Waals surface area contributed by atoms with Gasteiger partial charge in [-0.2, -0.15) is 10.1 Å². The van der Waals surface area contributed by atoms with Crippen molar-refractivity contribution in [3.8, 4) is 34.5 Å². The van der Waals surface area contributed by atoms with Crippen LogP contribution in [0.3, 0.4) is 0 Å². The molecule has 1 saturated carbocycles. The quantitative estimate of drug-likeness (QED) is 0.545. The lowest BCUT2D eigenvalue weighted by Gasteiger charge is -2.54. The van der Waals surface area contributed by atoms with Crippen LogP contribution in [-0.4, -0.2) is 54.8 Å². The number of hydrogen-bond acceptors (Lipinski definition) is 6. The first-order valence-electron chi connectivity index (χ1n) is 12.9. The van der Waals surface area contributed by atoms with Gasteiger partial charge in [0.25, 0.3) is 5.91 Å². The molecule has 6 rings (SSSR count). The second-order valence-electron chi connectivity index (χ2n) is 10.2. The van der Waals surface area contributed by atoms with Crippen LogP contribution in [0.25, 0.3) is 22.6 Å². The van der Waals surface area contributed by atoms with Gasteiger partial charge in [0, 0.05) is 18.7 Å². The summed E-state index contributed by atoms with van der Waals surface area (Å²) >= 11 is 0. The Labute approximate surface area is 210 Å². The number of rotatable bonds is 5. The molecule has 186 valence electrons. The molecule has 0 N–H and O–H groups in total. The van der Waals surface area contributed by atoms with Gasteiger partial charge >= 0.3 is 0 Å². The fourth-order valence-corrected chi connectivity index (χ4v) is 6.49. The average molecular weight is 486 g/mol. The lowest BCUT2D eigenvalue weighted by Crippen LogP contribution is -2.64. The predicted molar refractivity (Wildman–Crippen MR) is 133 cm³/mol. The van der Waals surface area contributed by atoms with Crippen molar-refractivity contribution >= 4 is 5.91 Å². The van der Waals surface area contributed by atoms with Gasteiger partial charge in [0.1, 0.15) is 17.0 Å². The van der Waals surface area contributed by atoms with Gasteiger partial charge in [0.05, 0.1) is 31.5 Å². The van der Waals surface area contributed by atoms with E-state index in [2.05, 4.69) is 51.2 Å². The molecular formula is C27H31N7O2. The molecule has 9 heteroatoms. The van der Waals surface area contributed by atoms with E-state index in [-0.39, 0.29) is 5.91 Å². The summed E-state index contributed by atoms with van der Waals surface area (Å²) < 4.78 is 7.88. The lowest BCUT2D eigenvalue weighted by atomic mass is 9.62. The van der Waals surface area contributed by atoms with Crippen molar-refractivity contribution in [2.45, 2.75) is 64.0 Å².